The summed E-state index contributed by atoms with van der Waals surface area (Å²) >= 11 is 0. The Labute approximate surface area is 169 Å². The average molecular weight is 399 g/mol. The van der Waals surface area contributed by atoms with E-state index in [0.29, 0.717) is 35.9 Å². The number of methoxy groups -OCH3 is 3. The lowest BCUT2D eigenvalue weighted by atomic mass is 10.2. The number of amides is 2. The average Bonchev–Trinajstić information content (AvgIpc) is 3.17. The van der Waals surface area contributed by atoms with E-state index >= 15 is 0 Å². The van der Waals surface area contributed by atoms with E-state index < -0.39 is 0 Å². The molecule has 0 atom stereocenters. The predicted octanol–water partition coefficient (Wildman–Crippen LogP) is 2.89. The minimum Gasteiger partial charge on any atom is -0.493 e. The fourth-order valence-corrected chi connectivity index (χ4v) is 3.30. The van der Waals surface area contributed by atoms with Gasteiger partial charge in [-0.05, 0) is 18.6 Å². The molecule has 0 aromatic heterocycles. The lowest BCUT2D eigenvalue weighted by Crippen LogP contribution is -2.26. The number of hydrogen-bond donors (Lipinski definition) is 2. The summed E-state index contributed by atoms with van der Waals surface area (Å²) in [5.41, 5.74) is 2.05. The van der Waals surface area contributed by atoms with Crippen LogP contribution in [0.25, 0.3) is 0 Å². The van der Waals surface area contributed by atoms with Crippen LogP contribution in [0.5, 0.6) is 17.2 Å². The zero-order valence-electron chi connectivity index (χ0n) is 16.8. The van der Waals surface area contributed by atoms with Gasteiger partial charge in [0.05, 0.1) is 39.2 Å². The van der Waals surface area contributed by atoms with Crippen LogP contribution < -0.4 is 29.7 Å². The van der Waals surface area contributed by atoms with Gasteiger partial charge in [-0.15, -0.1) is 0 Å². The van der Waals surface area contributed by atoms with E-state index in [4.69, 9.17) is 14.2 Å². The summed E-state index contributed by atoms with van der Waals surface area (Å²) in [6, 6.07) is 10.8. The summed E-state index contributed by atoms with van der Waals surface area (Å²) in [6.45, 7) is 0.727. The molecule has 0 radical (unpaired) electrons. The molecular formula is C21H25N3O5. The van der Waals surface area contributed by atoms with Gasteiger partial charge in [-0.25, -0.2) is 0 Å². The van der Waals surface area contributed by atoms with E-state index in [2.05, 4.69) is 10.6 Å². The summed E-state index contributed by atoms with van der Waals surface area (Å²) < 4.78 is 15.9. The van der Waals surface area contributed by atoms with Crippen LogP contribution in [0.15, 0.2) is 36.4 Å². The fourth-order valence-electron chi connectivity index (χ4n) is 3.30. The third-order valence-electron chi connectivity index (χ3n) is 4.66. The first-order chi connectivity index (χ1) is 14.1. The van der Waals surface area contributed by atoms with Gasteiger partial charge in [0.2, 0.25) is 17.6 Å². The highest BCUT2D eigenvalue weighted by Gasteiger charge is 2.23. The number of para-hydroxylation sites is 2. The maximum absolute atomic E-state index is 12.5. The van der Waals surface area contributed by atoms with Gasteiger partial charge in [-0.2, -0.15) is 0 Å². The molecule has 1 heterocycles. The molecule has 0 aliphatic carbocycles. The van der Waals surface area contributed by atoms with Gasteiger partial charge in [-0.1, -0.05) is 12.1 Å². The van der Waals surface area contributed by atoms with Crippen molar-refractivity contribution in [2.75, 3.05) is 50.0 Å². The number of ether oxygens (including phenoxy) is 3. The molecule has 154 valence electrons. The monoisotopic (exact) mass is 399 g/mol. The molecule has 0 bridgehead atoms. The van der Waals surface area contributed by atoms with Crippen molar-refractivity contribution in [2.24, 2.45) is 0 Å². The Morgan fingerprint density at radius 3 is 2.34 bits per heavy atom. The molecule has 0 unspecified atom stereocenters. The fraction of sp³-hybridized carbons (Fsp3) is 0.333. The van der Waals surface area contributed by atoms with Gasteiger partial charge in [0.25, 0.3) is 0 Å². The van der Waals surface area contributed by atoms with Crippen molar-refractivity contribution in [2.45, 2.75) is 12.8 Å². The van der Waals surface area contributed by atoms with Gasteiger partial charge in [0.1, 0.15) is 0 Å². The number of nitrogens with zero attached hydrogens (tertiary/aromatic N) is 1. The normalized spacial score (nSPS) is 13.2. The van der Waals surface area contributed by atoms with Crippen LogP contribution in [0.4, 0.5) is 17.1 Å². The van der Waals surface area contributed by atoms with Crippen LogP contribution in [0.2, 0.25) is 0 Å². The van der Waals surface area contributed by atoms with Crippen LogP contribution in [0, 0.1) is 0 Å². The Kier molecular flexibility index (Phi) is 6.43. The van der Waals surface area contributed by atoms with Crippen molar-refractivity contribution in [3.8, 4) is 17.2 Å². The molecule has 2 N–H and O–H groups in total. The maximum atomic E-state index is 12.5. The summed E-state index contributed by atoms with van der Waals surface area (Å²) in [5, 5.41) is 5.93. The van der Waals surface area contributed by atoms with Crippen molar-refractivity contribution >= 4 is 28.9 Å². The van der Waals surface area contributed by atoms with E-state index in [-0.39, 0.29) is 18.4 Å². The molecule has 2 aromatic carbocycles. The molecular weight excluding hydrogens is 374 g/mol. The zero-order chi connectivity index (χ0) is 20.8. The van der Waals surface area contributed by atoms with Crippen LogP contribution in [-0.4, -0.2) is 46.2 Å². The van der Waals surface area contributed by atoms with Crippen LogP contribution in [0.3, 0.4) is 0 Å². The summed E-state index contributed by atoms with van der Waals surface area (Å²) in [7, 11) is 4.55. The summed E-state index contributed by atoms with van der Waals surface area (Å²) in [4.78, 5) is 26.3. The number of nitrogens with one attached hydrogen (secondary N) is 2. The molecule has 1 aliphatic rings. The molecule has 29 heavy (non-hydrogen) atoms. The van der Waals surface area contributed by atoms with Crippen LogP contribution in [0.1, 0.15) is 12.8 Å². The Hall–Kier alpha value is -3.42. The molecule has 2 aromatic rings. The second-order valence-corrected chi connectivity index (χ2v) is 6.48. The first-order valence-electron chi connectivity index (χ1n) is 9.30. The SMILES string of the molecule is COc1cc(NC(=O)CNc2ccccc2N2CCCC2=O)cc(OC)c1OC. The Morgan fingerprint density at radius 2 is 1.76 bits per heavy atom. The minimum atomic E-state index is -0.248. The molecule has 0 saturated carbocycles. The van der Waals surface area contributed by atoms with Crippen molar-refractivity contribution in [1.29, 1.82) is 0 Å². The zero-order valence-corrected chi connectivity index (χ0v) is 16.8. The lowest BCUT2D eigenvalue weighted by Gasteiger charge is -2.20. The van der Waals surface area contributed by atoms with E-state index in [1.54, 1.807) is 17.0 Å². The first-order valence-corrected chi connectivity index (χ1v) is 9.30. The van der Waals surface area contributed by atoms with Crippen molar-refractivity contribution < 1.29 is 23.8 Å². The summed E-state index contributed by atoms with van der Waals surface area (Å²) in [5.74, 6) is 1.21. The van der Waals surface area contributed by atoms with Crippen molar-refractivity contribution in [3.05, 3.63) is 36.4 Å². The van der Waals surface area contributed by atoms with Gasteiger partial charge in [0, 0.05) is 30.8 Å². The molecule has 1 saturated heterocycles. The Balaban J connectivity index is 1.69. The molecule has 8 heteroatoms. The number of hydrogen-bond acceptors (Lipinski definition) is 6. The quantitative estimate of drug-likeness (QED) is 0.710. The van der Waals surface area contributed by atoms with Crippen LogP contribution in [-0.2, 0) is 9.59 Å². The molecule has 1 fully saturated rings. The van der Waals surface area contributed by atoms with Crippen molar-refractivity contribution in [3.63, 3.8) is 0 Å². The second kappa shape index (κ2) is 9.18. The molecule has 1 aliphatic heterocycles. The van der Waals surface area contributed by atoms with E-state index in [0.717, 1.165) is 17.8 Å². The maximum Gasteiger partial charge on any atom is 0.243 e. The second-order valence-electron chi connectivity index (χ2n) is 6.48. The number of carbonyl (C=O) groups excluding carboxylic acids is 2. The standard InChI is InChI=1S/C21H25N3O5/c1-27-17-11-14(12-18(28-2)21(17)29-3)23-19(25)13-22-15-7-4-5-8-16(15)24-10-6-9-20(24)26/h4-5,7-8,11-12,22H,6,9-10,13H2,1-3H3,(H,23,25). The molecule has 8 nitrogen and oxygen atoms in total. The summed E-state index contributed by atoms with van der Waals surface area (Å²) in [6.07, 6.45) is 1.39. The first kappa shape index (κ1) is 20.3. The smallest absolute Gasteiger partial charge is 0.243 e. The predicted molar refractivity (Wildman–Crippen MR) is 111 cm³/mol. The molecule has 3 rings (SSSR count). The van der Waals surface area contributed by atoms with E-state index in [9.17, 15) is 9.59 Å². The van der Waals surface area contributed by atoms with Gasteiger partial charge in [-0.3, -0.25) is 9.59 Å². The van der Waals surface area contributed by atoms with Crippen molar-refractivity contribution in [1.82, 2.24) is 0 Å². The lowest BCUT2D eigenvalue weighted by molar-refractivity contribution is -0.117. The van der Waals surface area contributed by atoms with Gasteiger partial charge < -0.3 is 29.7 Å². The highest BCUT2D eigenvalue weighted by molar-refractivity contribution is 5.99. The third-order valence-corrected chi connectivity index (χ3v) is 4.66. The highest BCUT2D eigenvalue weighted by atomic mass is 16.5. The Bertz CT molecular complexity index is 875. The molecule has 2 amide bonds. The van der Waals surface area contributed by atoms with Crippen LogP contribution >= 0.6 is 0 Å². The third kappa shape index (κ3) is 4.53. The van der Waals surface area contributed by atoms with Gasteiger partial charge >= 0.3 is 0 Å². The Morgan fingerprint density at radius 1 is 1.07 bits per heavy atom. The number of anilines is 3. The number of benzene rings is 2. The molecule has 0 spiro atoms. The number of carbonyl (C=O) groups is 2. The largest absolute Gasteiger partial charge is 0.493 e. The minimum absolute atomic E-state index is 0.0374. The highest BCUT2D eigenvalue weighted by Crippen LogP contribution is 2.40. The van der Waals surface area contributed by atoms with Gasteiger partial charge in [0.15, 0.2) is 11.5 Å². The van der Waals surface area contributed by atoms with E-state index in [1.807, 2.05) is 24.3 Å². The number of rotatable bonds is 8. The van der Waals surface area contributed by atoms with E-state index in [1.165, 1.54) is 21.3 Å². The topological polar surface area (TPSA) is 89.1 Å².